The van der Waals surface area contributed by atoms with Gasteiger partial charge in [0.05, 0.1) is 0 Å². The molecule has 33 heavy (non-hydrogen) atoms. The molecule has 4 nitrogen and oxygen atoms in total. The summed E-state index contributed by atoms with van der Waals surface area (Å²) in [5.41, 5.74) is 6.77. The van der Waals surface area contributed by atoms with Crippen molar-refractivity contribution in [3.8, 4) is 0 Å². The second kappa shape index (κ2) is 11.9. The Balaban J connectivity index is 0.00000153. The maximum absolute atomic E-state index is 11.7. The van der Waals surface area contributed by atoms with Crippen molar-refractivity contribution in [2.75, 3.05) is 39.3 Å². The fourth-order valence-electron chi connectivity index (χ4n) is 5.51. The third-order valence-electron chi connectivity index (χ3n) is 7.16. The lowest BCUT2D eigenvalue weighted by Crippen LogP contribution is -2.34. The third kappa shape index (κ3) is 5.83. The molecule has 2 saturated heterocycles. The number of hydrogen-bond acceptors (Lipinski definition) is 4. The largest absolute Gasteiger partial charge is 0.477 e. The smallest absolute Gasteiger partial charge is 0.345 e. The van der Waals surface area contributed by atoms with Crippen LogP contribution in [0.5, 0.6) is 0 Å². The molecule has 2 fully saturated rings. The number of piperidine rings is 1. The van der Waals surface area contributed by atoms with Crippen LogP contribution in [-0.2, 0) is 12.8 Å². The Morgan fingerprint density at radius 2 is 1.55 bits per heavy atom. The van der Waals surface area contributed by atoms with Crippen LogP contribution in [0, 0.1) is 0 Å². The number of aryl methyl sites for hydroxylation is 2. The van der Waals surface area contributed by atoms with Gasteiger partial charge in [-0.25, -0.2) is 4.79 Å². The lowest BCUT2D eigenvalue weighted by atomic mass is 9.87. The summed E-state index contributed by atoms with van der Waals surface area (Å²) in [6, 6.07) is 10.7. The minimum atomic E-state index is -0.802. The van der Waals surface area contributed by atoms with Gasteiger partial charge in [-0.1, -0.05) is 29.8 Å². The van der Waals surface area contributed by atoms with Gasteiger partial charge >= 0.3 is 5.97 Å². The standard InChI is InChI=1S/C26H32N2O2S.2ClH/c29-26(30)24-18-22-23(31-24)9-8-19-6-1-2-7-21(19)25(22)20-10-16-28(17-11-20)15-5-14-27-12-3-4-13-27;;/h1-2,6-7,18H,3-5,8-17H2,(H,29,30);2*1H. The predicted octanol–water partition coefficient (Wildman–Crippen LogP) is 5.77. The van der Waals surface area contributed by atoms with Crippen LogP contribution < -0.4 is 0 Å². The Bertz CT molecular complexity index is 988. The van der Waals surface area contributed by atoms with Crippen LogP contribution in [0.25, 0.3) is 5.57 Å². The van der Waals surface area contributed by atoms with E-state index in [0.717, 1.165) is 38.8 Å². The number of fused-ring (bicyclic) bond motifs is 2. The highest BCUT2D eigenvalue weighted by Gasteiger charge is 2.26. The summed E-state index contributed by atoms with van der Waals surface area (Å²) in [5, 5.41) is 9.58. The third-order valence-corrected chi connectivity index (χ3v) is 8.34. The van der Waals surface area contributed by atoms with E-state index in [1.54, 1.807) is 0 Å². The summed E-state index contributed by atoms with van der Waals surface area (Å²) >= 11 is 1.47. The van der Waals surface area contributed by atoms with Crippen LogP contribution in [0.3, 0.4) is 0 Å². The molecular formula is C26H34Cl2N2O2S. The SMILES string of the molecule is Cl.Cl.O=C(O)c1cc2c(s1)CCc1ccccc1C2=C1CCN(CCCN2CCCC2)CC1. The van der Waals surface area contributed by atoms with Gasteiger partial charge in [0.2, 0.25) is 0 Å². The Morgan fingerprint density at radius 3 is 2.24 bits per heavy atom. The van der Waals surface area contributed by atoms with Gasteiger partial charge in [0, 0.05) is 18.0 Å². The Kier molecular flexibility index (Phi) is 9.42. The van der Waals surface area contributed by atoms with Gasteiger partial charge in [-0.3, -0.25) is 0 Å². The fourth-order valence-corrected chi connectivity index (χ4v) is 6.51. The molecule has 0 atom stereocenters. The Labute approximate surface area is 213 Å². The monoisotopic (exact) mass is 508 g/mol. The van der Waals surface area contributed by atoms with Crippen molar-refractivity contribution in [3.63, 3.8) is 0 Å². The molecule has 1 aromatic heterocycles. The lowest BCUT2D eigenvalue weighted by Gasteiger charge is -2.30. The van der Waals surface area contributed by atoms with E-state index >= 15 is 0 Å². The van der Waals surface area contributed by atoms with Crippen molar-refractivity contribution in [2.24, 2.45) is 0 Å². The first kappa shape index (κ1) is 26.2. The van der Waals surface area contributed by atoms with E-state index in [4.69, 9.17) is 0 Å². The van der Waals surface area contributed by atoms with E-state index in [-0.39, 0.29) is 24.8 Å². The van der Waals surface area contributed by atoms with Crippen LogP contribution in [0.2, 0.25) is 0 Å². The van der Waals surface area contributed by atoms with Crippen molar-refractivity contribution in [1.29, 1.82) is 0 Å². The molecule has 0 amide bonds. The summed E-state index contributed by atoms with van der Waals surface area (Å²) in [6.07, 6.45) is 8.11. The van der Waals surface area contributed by atoms with Gasteiger partial charge in [-0.05, 0) is 99.5 Å². The number of nitrogens with zero attached hydrogens (tertiary/aromatic N) is 2. The quantitative estimate of drug-likeness (QED) is 0.556. The van der Waals surface area contributed by atoms with Crippen molar-refractivity contribution < 1.29 is 9.90 Å². The topological polar surface area (TPSA) is 43.8 Å². The number of hydrogen-bond donors (Lipinski definition) is 1. The van der Waals surface area contributed by atoms with Crippen molar-refractivity contribution in [2.45, 2.75) is 44.9 Å². The Hall–Kier alpha value is -1.37. The van der Waals surface area contributed by atoms with Gasteiger partial charge in [0.1, 0.15) is 4.88 Å². The second-order valence-corrected chi connectivity index (χ2v) is 10.3. The summed E-state index contributed by atoms with van der Waals surface area (Å²) in [7, 11) is 0. The number of likely N-dealkylation sites (tertiary alicyclic amines) is 2. The number of halogens is 2. The van der Waals surface area contributed by atoms with E-state index in [2.05, 4.69) is 34.1 Å². The molecule has 3 heterocycles. The van der Waals surface area contributed by atoms with Crippen LogP contribution in [-0.4, -0.2) is 60.1 Å². The van der Waals surface area contributed by atoms with Crippen molar-refractivity contribution in [1.82, 2.24) is 9.80 Å². The van der Waals surface area contributed by atoms with Gasteiger partial charge < -0.3 is 14.9 Å². The maximum atomic E-state index is 11.7. The number of rotatable bonds is 5. The molecule has 1 aliphatic carbocycles. The highest BCUT2D eigenvalue weighted by atomic mass is 35.5. The van der Waals surface area contributed by atoms with Crippen LogP contribution in [0.15, 0.2) is 35.9 Å². The van der Waals surface area contributed by atoms with E-state index in [1.807, 2.05) is 6.07 Å². The molecule has 1 aromatic carbocycles. The summed E-state index contributed by atoms with van der Waals surface area (Å²) < 4.78 is 0. The molecule has 0 unspecified atom stereocenters. The summed E-state index contributed by atoms with van der Waals surface area (Å²) in [5.74, 6) is -0.802. The van der Waals surface area contributed by atoms with Gasteiger partial charge in [0.25, 0.3) is 0 Å². The first-order chi connectivity index (χ1) is 15.2. The number of thiophene rings is 1. The average Bonchev–Trinajstić information content (AvgIpc) is 3.42. The fraction of sp³-hybridized carbons (Fsp3) is 0.500. The van der Waals surface area contributed by atoms with Gasteiger partial charge in [0.15, 0.2) is 0 Å². The summed E-state index contributed by atoms with van der Waals surface area (Å²) in [6.45, 7) is 7.25. The van der Waals surface area contributed by atoms with E-state index in [0.29, 0.717) is 4.88 Å². The molecule has 0 radical (unpaired) electrons. The van der Waals surface area contributed by atoms with Gasteiger partial charge in [-0.2, -0.15) is 0 Å². The molecule has 1 N–H and O–H groups in total. The molecule has 180 valence electrons. The number of carboxylic acids is 1. The zero-order valence-electron chi connectivity index (χ0n) is 19.1. The van der Waals surface area contributed by atoms with Crippen molar-refractivity contribution >= 4 is 47.7 Å². The minimum absolute atomic E-state index is 0. The highest BCUT2D eigenvalue weighted by molar-refractivity contribution is 7.14. The zero-order chi connectivity index (χ0) is 21.2. The van der Waals surface area contributed by atoms with E-state index in [9.17, 15) is 9.90 Å². The van der Waals surface area contributed by atoms with Crippen LogP contribution in [0.1, 0.15) is 63.3 Å². The lowest BCUT2D eigenvalue weighted by molar-refractivity contribution is 0.0702. The molecule has 3 aliphatic rings. The summed E-state index contributed by atoms with van der Waals surface area (Å²) in [4.78, 5) is 18.6. The van der Waals surface area contributed by atoms with Crippen LogP contribution in [0.4, 0.5) is 0 Å². The Morgan fingerprint density at radius 1 is 0.879 bits per heavy atom. The first-order valence-electron chi connectivity index (χ1n) is 11.8. The molecular weight excluding hydrogens is 475 g/mol. The molecule has 0 bridgehead atoms. The van der Waals surface area contributed by atoms with E-state index < -0.39 is 5.97 Å². The highest BCUT2D eigenvalue weighted by Crippen LogP contribution is 2.41. The zero-order valence-corrected chi connectivity index (χ0v) is 21.5. The molecule has 0 spiro atoms. The number of carbonyl (C=O) groups is 1. The second-order valence-electron chi connectivity index (χ2n) is 9.13. The normalized spacial score (nSPS) is 18.7. The van der Waals surface area contributed by atoms with Gasteiger partial charge in [-0.15, -0.1) is 36.2 Å². The number of aromatic carboxylic acids is 1. The molecule has 2 aromatic rings. The number of benzene rings is 1. The molecule has 2 aliphatic heterocycles. The van der Waals surface area contributed by atoms with Crippen LogP contribution >= 0.6 is 36.2 Å². The maximum Gasteiger partial charge on any atom is 0.345 e. The van der Waals surface area contributed by atoms with Crippen molar-refractivity contribution in [3.05, 3.63) is 62.3 Å². The molecule has 5 rings (SSSR count). The van der Waals surface area contributed by atoms with E-state index in [1.165, 1.54) is 89.5 Å². The average molecular weight is 510 g/mol. The first-order valence-corrected chi connectivity index (χ1v) is 12.6. The molecule has 7 heteroatoms. The minimum Gasteiger partial charge on any atom is -0.477 e. The predicted molar refractivity (Wildman–Crippen MR) is 142 cm³/mol. The molecule has 0 saturated carbocycles. The number of carboxylic acid groups (broad SMARTS) is 1.